The summed E-state index contributed by atoms with van der Waals surface area (Å²) in [5.74, 6) is -0.957. The number of hydrogen-bond donors (Lipinski definition) is 1. The van der Waals surface area contributed by atoms with Gasteiger partial charge in [-0.1, -0.05) is 60.1 Å². The summed E-state index contributed by atoms with van der Waals surface area (Å²) >= 11 is 6.18. The smallest absolute Gasteiger partial charge is 0.336 e. The molecule has 0 fully saturated rings. The Bertz CT molecular complexity index is 626. The van der Waals surface area contributed by atoms with E-state index in [0.29, 0.717) is 10.6 Å². The molecule has 0 saturated carbocycles. The quantitative estimate of drug-likeness (QED) is 0.899. The third kappa shape index (κ3) is 2.85. The second-order valence-corrected chi connectivity index (χ2v) is 4.69. The molecule has 96 valence electrons. The lowest BCUT2D eigenvalue weighted by Crippen LogP contribution is -2.03. The van der Waals surface area contributed by atoms with Crippen LogP contribution in [0.25, 0.3) is 5.57 Å². The van der Waals surface area contributed by atoms with E-state index >= 15 is 0 Å². The molecule has 2 aromatic rings. The van der Waals surface area contributed by atoms with E-state index in [-0.39, 0.29) is 5.56 Å². The van der Waals surface area contributed by atoms with Crippen molar-refractivity contribution >= 4 is 23.1 Å². The van der Waals surface area contributed by atoms with Gasteiger partial charge in [0.2, 0.25) is 0 Å². The van der Waals surface area contributed by atoms with Crippen molar-refractivity contribution in [2.75, 3.05) is 0 Å². The van der Waals surface area contributed by atoms with Gasteiger partial charge in [-0.05, 0) is 24.1 Å². The van der Waals surface area contributed by atoms with E-state index in [0.717, 1.165) is 11.1 Å². The van der Waals surface area contributed by atoms with Gasteiger partial charge in [0.15, 0.2) is 0 Å². The van der Waals surface area contributed by atoms with Gasteiger partial charge >= 0.3 is 5.97 Å². The highest BCUT2D eigenvalue weighted by molar-refractivity contribution is 6.33. The lowest BCUT2D eigenvalue weighted by atomic mass is 9.93. The normalized spacial score (nSPS) is 11.9. The zero-order valence-electron chi connectivity index (χ0n) is 10.4. The molecule has 0 bridgehead atoms. The summed E-state index contributed by atoms with van der Waals surface area (Å²) in [6.45, 7) is 1.77. The predicted octanol–water partition coefficient (Wildman–Crippen LogP) is 4.40. The van der Waals surface area contributed by atoms with Crippen LogP contribution in [-0.2, 0) is 0 Å². The minimum atomic E-state index is -0.957. The minimum Gasteiger partial charge on any atom is -0.478 e. The van der Waals surface area contributed by atoms with E-state index in [9.17, 15) is 9.90 Å². The van der Waals surface area contributed by atoms with E-state index < -0.39 is 5.97 Å². The van der Waals surface area contributed by atoms with Gasteiger partial charge in [-0.25, -0.2) is 4.79 Å². The van der Waals surface area contributed by atoms with Gasteiger partial charge in [-0.3, -0.25) is 0 Å². The average molecular weight is 273 g/mol. The number of benzene rings is 2. The van der Waals surface area contributed by atoms with Crippen LogP contribution in [0.2, 0.25) is 0 Å². The molecule has 2 aromatic carbocycles. The Hall–Kier alpha value is -2.06. The second-order valence-electron chi connectivity index (χ2n) is 4.13. The van der Waals surface area contributed by atoms with Gasteiger partial charge in [-0.2, -0.15) is 0 Å². The molecular formula is C16H13ClO2. The second kappa shape index (κ2) is 5.72. The maximum atomic E-state index is 11.3. The summed E-state index contributed by atoms with van der Waals surface area (Å²) < 4.78 is 0. The molecule has 0 aliphatic carbocycles. The fourth-order valence-electron chi connectivity index (χ4n) is 2.03. The highest BCUT2D eigenvalue weighted by Gasteiger charge is 2.15. The topological polar surface area (TPSA) is 37.3 Å². The van der Waals surface area contributed by atoms with Crippen LogP contribution in [0.1, 0.15) is 28.4 Å². The predicted molar refractivity (Wildman–Crippen MR) is 77.4 cm³/mol. The van der Waals surface area contributed by atoms with Crippen molar-refractivity contribution in [1.29, 1.82) is 0 Å². The van der Waals surface area contributed by atoms with Gasteiger partial charge in [0.05, 0.1) is 5.56 Å². The van der Waals surface area contributed by atoms with Crippen LogP contribution in [0.4, 0.5) is 0 Å². The Kier molecular flexibility index (Phi) is 4.03. The SMILES string of the molecule is CC(Cl)=C(c1ccccc1)c1ccccc1C(=O)O. The Morgan fingerprint density at radius 3 is 2.00 bits per heavy atom. The largest absolute Gasteiger partial charge is 0.478 e. The lowest BCUT2D eigenvalue weighted by Gasteiger charge is -2.12. The molecule has 0 heterocycles. The van der Waals surface area contributed by atoms with Crippen molar-refractivity contribution in [1.82, 2.24) is 0 Å². The molecule has 2 nitrogen and oxygen atoms in total. The van der Waals surface area contributed by atoms with Crippen LogP contribution in [0.15, 0.2) is 59.6 Å². The van der Waals surface area contributed by atoms with Crippen LogP contribution in [-0.4, -0.2) is 11.1 Å². The van der Waals surface area contributed by atoms with Crippen molar-refractivity contribution < 1.29 is 9.90 Å². The van der Waals surface area contributed by atoms with Crippen LogP contribution in [0.5, 0.6) is 0 Å². The number of allylic oxidation sites excluding steroid dienone is 1. The molecule has 0 unspecified atom stereocenters. The van der Waals surface area contributed by atoms with Crippen molar-refractivity contribution in [2.24, 2.45) is 0 Å². The van der Waals surface area contributed by atoms with E-state index in [1.54, 1.807) is 25.1 Å². The Morgan fingerprint density at radius 1 is 0.947 bits per heavy atom. The van der Waals surface area contributed by atoms with Gasteiger partial charge in [0.1, 0.15) is 0 Å². The third-order valence-corrected chi connectivity index (χ3v) is 3.02. The monoisotopic (exact) mass is 272 g/mol. The fraction of sp³-hybridized carbons (Fsp3) is 0.0625. The van der Waals surface area contributed by atoms with Crippen molar-refractivity contribution in [3.63, 3.8) is 0 Å². The lowest BCUT2D eigenvalue weighted by molar-refractivity contribution is 0.0696. The van der Waals surface area contributed by atoms with E-state index in [1.165, 1.54) is 0 Å². The van der Waals surface area contributed by atoms with Gasteiger partial charge in [0.25, 0.3) is 0 Å². The van der Waals surface area contributed by atoms with Crippen LogP contribution < -0.4 is 0 Å². The Morgan fingerprint density at radius 2 is 1.47 bits per heavy atom. The molecule has 0 spiro atoms. The summed E-state index contributed by atoms with van der Waals surface area (Å²) in [5.41, 5.74) is 2.54. The molecule has 0 radical (unpaired) electrons. The molecular weight excluding hydrogens is 260 g/mol. The standard InChI is InChI=1S/C16H13ClO2/c1-11(17)15(12-7-3-2-4-8-12)13-9-5-6-10-14(13)16(18)19/h2-10H,1H3,(H,18,19). The molecule has 2 rings (SSSR count). The average Bonchev–Trinajstić information content (AvgIpc) is 2.40. The van der Waals surface area contributed by atoms with Crippen molar-refractivity contribution in [3.05, 3.63) is 76.3 Å². The van der Waals surface area contributed by atoms with Gasteiger partial charge < -0.3 is 5.11 Å². The maximum Gasteiger partial charge on any atom is 0.336 e. The minimum absolute atomic E-state index is 0.251. The molecule has 0 aromatic heterocycles. The Balaban J connectivity index is 2.67. The fourth-order valence-corrected chi connectivity index (χ4v) is 2.24. The molecule has 0 amide bonds. The molecule has 3 heteroatoms. The van der Waals surface area contributed by atoms with Crippen molar-refractivity contribution in [3.8, 4) is 0 Å². The van der Waals surface area contributed by atoms with Crippen LogP contribution in [0, 0.1) is 0 Å². The Labute approximate surface area is 117 Å². The number of carbonyl (C=O) groups is 1. The zero-order valence-corrected chi connectivity index (χ0v) is 11.2. The molecule has 19 heavy (non-hydrogen) atoms. The molecule has 0 saturated heterocycles. The first-order valence-electron chi connectivity index (χ1n) is 5.85. The van der Waals surface area contributed by atoms with E-state index in [4.69, 9.17) is 11.6 Å². The number of halogens is 1. The molecule has 0 atom stereocenters. The first-order chi connectivity index (χ1) is 9.11. The third-order valence-electron chi connectivity index (χ3n) is 2.83. The van der Waals surface area contributed by atoms with Crippen LogP contribution >= 0.6 is 11.6 Å². The first kappa shape index (κ1) is 13.4. The summed E-state index contributed by atoms with van der Waals surface area (Å²) in [6, 6.07) is 16.4. The highest BCUT2D eigenvalue weighted by Crippen LogP contribution is 2.30. The number of carboxylic acids is 1. The number of aromatic carboxylic acids is 1. The molecule has 0 aliphatic heterocycles. The summed E-state index contributed by atoms with van der Waals surface area (Å²) in [4.78, 5) is 11.3. The highest BCUT2D eigenvalue weighted by atomic mass is 35.5. The summed E-state index contributed by atoms with van der Waals surface area (Å²) in [7, 11) is 0. The summed E-state index contributed by atoms with van der Waals surface area (Å²) in [5, 5.41) is 9.85. The number of rotatable bonds is 3. The van der Waals surface area contributed by atoms with Crippen LogP contribution in [0.3, 0.4) is 0 Å². The van der Waals surface area contributed by atoms with E-state index in [2.05, 4.69) is 0 Å². The molecule has 1 N–H and O–H groups in total. The number of carboxylic acid groups (broad SMARTS) is 1. The molecule has 0 aliphatic rings. The summed E-state index contributed by atoms with van der Waals surface area (Å²) in [6.07, 6.45) is 0. The first-order valence-corrected chi connectivity index (χ1v) is 6.23. The van der Waals surface area contributed by atoms with Gasteiger partial charge in [-0.15, -0.1) is 0 Å². The van der Waals surface area contributed by atoms with Crippen molar-refractivity contribution in [2.45, 2.75) is 6.92 Å². The zero-order chi connectivity index (χ0) is 13.8. The number of hydrogen-bond acceptors (Lipinski definition) is 1. The van der Waals surface area contributed by atoms with Gasteiger partial charge in [0, 0.05) is 10.6 Å². The maximum absolute atomic E-state index is 11.3. The van der Waals surface area contributed by atoms with E-state index in [1.807, 2.05) is 36.4 Å².